The number of benzene rings is 1. The fraction of sp³-hybridized carbons (Fsp3) is 0.0909. The van der Waals surface area contributed by atoms with Crippen LogP contribution in [0.4, 0.5) is 11.4 Å². The highest BCUT2D eigenvalue weighted by Crippen LogP contribution is 2.24. The lowest BCUT2D eigenvalue weighted by Gasteiger charge is -2.06. The highest BCUT2D eigenvalue weighted by atomic mass is 16.5. The largest absolute Gasteiger partial charge is 0.417 e. The van der Waals surface area contributed by atoms with Crippen molar-refractivity contribution < 1.29 is 8.94 Å². The maximum Gasteiger partial charge on any atom is 0.417 e. The predicted octanol–water partition coefficient (Wildman–Crippen LogP) is 1.30. The summed E-state index contributed by atoms with van der Waals surface area (Å²) in [4.78, 5) is 13.6. The molecule has 3 aromatic rings. The van der Waals surface area contributed by atoms with E-state index in [1.54, 1.807) is 24.4 Å². The zero-order valence-electron chi connectivity index (χ0n) is 9.27. The van der Waals surface area contributed by atoms with Crippen molar-refractivity contribution in [1.82, 2.24) is 10.1 Å². The fourth-order valence-electron chi connectivity index (χ4n) is 1.68. The molecule has 1 aromatic carbocycles. The zero-order valence-corrected chi connectivity index (χ0v) is 9.27. The van der Waals surface area contributed by atoms with Crippen molar-refractivity contribution in [3.63, 3.8) is 0 Å². The molecule has 0 saturated carbocycles. The Hall–Kier alpha value is -2.70. The predicted molar refractivity (Wildman–Crippen MR) is 65.1 cm³/mol. The van der Waals surface area contributed by atoms with Crippen molar-refractivity contribution in [3.8, 4) is 0 Å². The second kappa shape index (κ2) is 3.95. The monoisotopic (exact) mass is 246 g/mol. The molecule has 0 radical (unpaired) electrons. The van der Waals surface area contributed by atoms with Gasteiger partial charge in [-0.3, -0.25) is 4.98 Å². The van der Waals surface area contributed by atoms with Crippen molar-refractivity contribution in [2.75, 3.05) is 11.1 Å². The number of nitrogen functional groups attached to an aromatic ring is 1. The molecule has 92 valence electrons. The van der Waals surface area contributed by atoms with Crippen LogP contribution in [0.3, 0.4) is 0 Å². The van der Waals surface area contributed by atoms with E-state index in [-0.39, 0.29) is 0 Å². The molecule has 7 nitrogen and oxygen atoms in total. The van der Waals surface area contributed by atoms with Crippen LogP contribution in [0.2, 0.25) is 0 Å². The van der Waals surface area contributed by atoms with E-state index in [2.05, 4.69) is 15.5 Å². The summed E-state index contributed by atoms with van der Waals surface area (Å²) in [6, 6.07) is 5.06. The number of nitrogens with zero attached hydrogens (tertiary/aromatic N) is 1. The Morgan fingerprint density at radius 1 is 1.44 bits per heavy atom. The first-order valence-corrected chi connectivity index (χ1v) is 5.28. The number of aromatic amines is 1. The van der Waals surface area contributed by atoms with E-state index in [9.17, 15) is 4.79 Å². The van der Waals surface area contributed by atoms with E-state index >= 15 is 0 Å². The summed E-state index contributed by atoms with van der Waals surface area (Å²) < 4.78 is 9.86. The summed E-state index contributed by atoms with van der Waals surface area (Å²) in [7, 11) is 0. The van der Waals surface area contributed by atoms with Crippen molar-refractivity contribution >= 4 is 22.5 Å². The van der Waals surface area contributed by atoms with Gasteiger partial charge in [-0.2, -0.15) is 0 Å². The number of hydrogen-bond donors (Lipinski definition) is 3. The lowest BCUT2D eigenvalue weighted by Crippen LogP contribution is -2.01. The van der Waals surface area contributed by atoms with Crippen LogP contribution in [0.1, 0.15) is 5.76 Å². The maximum absolute atomic E-state index is 11.0. The lowest BCUT2D eigenvalue weighted by atomic mass is 10.2. The van der Waals surface area contributed by atoms with Gasteiger partial charge in [-0.05, 0) is 6.07 Å². The van der Waals surface area contributed by atoms with Crippen molar-refractivity contribution in [3.05, 3.63) is 40.7 Å². The van der Waals surface area contributed by atoms with Gasteiger partial charge in [-0.1, -0.05) is 5.16 Å². The second-order valence-corrected chi connectivity index (χ2v) is 3.78. The Morgan fingerprint density at radius 2 is 2.33 bits per heavy atom. The van der Waals surface area contributed by atoms with Gasteiger partial charge in [0.2, 0.25) is 0 Å². The number of fused-ring (bicyclic) bond motifs is 1. The fourth-order valence-corrected chi connectivity index (χ4v) is 1.68. The SMILES string of the molecule is Nc1cc2oc(=O)[nH]c2cc1NCc1ccno1. The third-order valence-corrected chi connectivity index (χ3v) is 2.54. The van der Waals surface area contributed by atoms with Crippen molar-refractivity contribution in [1.29, 1.82) is 0 Å². The highest BCUT2D eigenvalue weighted by molar-refractivity contribution is 5.85. The first kappa shape index (κ1) is 10.5. The normalized spacial score (nSPS) is 10.9. The van der Waals surface area contributed by atoms with Gasteiger partial charge in [0.05, 0.1) is 29.6 Å². The zero-order chi connectivity index (χ0) is 12.5. The molecular weight excluding hydrogens is 236 g/mol. The van der Waals surface area contributed by atoms with Gasteiger partial charge in [-0.15, -0.1) is 0 Å². The van der Waals surface area contributed by atoms with Crippen LogP contribution in [-0.4, -0.2) is 10.1 Å². The van der Waals surface area contributed by atoms with Crippen LogP contribution in [0, 0.1) is 0 Å². The van der Waals surface area contributed by atoms with Crippen LogP contribution < -0.4 is 16.8 Å². The van der Waals surface area contributed by atoms with Gasteiger partial charge in [0.1, 0.15) is 0 Å². The number of anilines is 2. The number of aromatic nitrogens is 2. The molecule has 7 heteroatoms. The van der Waals surface area contributed by atoms with Crippen molar-refractivity contribution in [2.24, 2.45) is 0 Å². The number of nitrogens with two attached hydrogens (primary N) is 1. The number of hydrogen-bond acceptors (Lipinski definition) is 6. The van der Waals surface area contributed by atoms with E-state index in [0.717, 1.165) is 0 Å². The molecule has 0 aliphatic carbocycles. The summed E-state index contributed by atoms with van der Waals surface area (Å²) in [5.41, 5.74) is 8.06. The first-order chi connectivity index (χ1) is 8.72. The average Bonchev–Trinajstić information content (AvgIpc) is 2.94. The Labute approximate surface area is 101 Å². The van der Waals surface area contributed by atoms with Crippen LogP contribution in [0.15, 0.2) is 38.1 Å². The quantitative estimate of drug-likeness (QED) is 0.601. The standard InChI is InChI=1S/C11H10N4O3/c12-7-3-10-9(15-11(16)17-10)4-8(7)13-5-6-1-2-14-18-6/h1-4,13H,5,12H2,(H,15,16). The van der Waals surface area contributed by atoms with Crippen LogP contribution in [-0.2, 0) is 6.54 Å². The minimum absolute atomic E-state index is 0.433. The Morgan fingerprint density at radius 3 is 3.11 bits per heavy atom. The van der Waals surface area contributed by atoms with Crippen LogP contribution >= 0.6 is 0 Å². The molecule has 0 spiro atoms. The molecule has 18 heavy (non-hydrogen) atoms. The van der Waals surface area contributed by atoms with Crippen molar-refractivity contribution in [2.45, 2.75) is 6.54 Å². The summed E-state index contributed by atoms with van der Waals surface area (Å²) in [5.74, 6) is 0.187. The maximum atomic E-state index is 11.0. The summed E-state index contributed by atoms with van der Waals surface area (Å²) in [6.45, 7) is 0.456. The minimum atomic E-state index is -0.503. The molecule has 0 bridgehead atoms. The molecular formula is C11H10N4O3. The van der Waals surface area contributed by atoms with Crippen LogP contribution in [0.5, 0.6) is 0 Å². The molecule has 3 rings (SSSR count). The Bertz CT molecular complexity index is 726. The molecule has 0 aliphatic heterocycles. The molecule has 4 N–H and O–H groups in total. The molecule has 0 aliphatic rings. The number of nitrogens with one attached hydrogen (secondary N) is 2. The highest BCUT2D eigenvalue weighted by Gasteiger charge is 2.07. The van der Waals surface area contributed by atoms with Gasteiger partial charge < -0.3 is 20.0 Å². The van der Waals surface area contributed by atoms with Crippen LogP contribution in [0.25, 0.3) is 11.1 Å². The van der Waals surface area contributed by atoms with Gasteiger partial charge in [0.25, 0.3) is 0 Å². The number of H-pyrrole nitrogens is 1. The molecule has 0 amide bonds. The smallest absolute Gasteiger partial charge is 0.408 e. The van der Waals surface area contributed by atoms with E-state index in [1.807, 2.05) is 0 Å². The van der Waals surface area contributed by atoms with E-state index in [4.69, 9.17) is 14.7 Å². The number of oxazole rings is 1. The first-order valence-electron chi connectivity index (χ1n) is 5.28. The Kier molecular flexibility index (Phi) is 2.30. The third-order valence-electron chi connectivity index (χ3n) is 2.54. The molecule has 2 heterocycles. The topological polar surface area (TPSA) is 110 Å². The minimum Gasteiger partial charge on any atom is -0.408 e. The summed E-state index contributed by atoms with van der Waals surface area (Å²) in [5, 5.41) is 6.70. The molecule has 0 fully saturated rings. The molecule has 2 aromatic heterocycles. The van der Waals surface area contributed by atoms with E-state index < -0.39 is 5.76 Å². The molecule has 0 saturated heterocycles. The number of rotatable bonds is 3. The second-order valence-electron chi connectivity index (χ2n) is 3.78. The molecule has 0 unspecified atom stereocenters. The van der Waals surface area contributed by atoms with Gasteiger partial charge in [0, 0.05) is 12.1 Å². The van der Waals surface area contributed by atoms with Gasteiger partial charge in [-0.25, -0.2) is 4.79 Å². The Balaban J connectivity index is 1.91. The summed E-state index contributed by atoms with van der Waals surface area (Å²) in [6.07, 6.45) is 1.57. The third kappa shape index (κ3) is 1.81. The average molecular weight is 246 g/mol. The van der Waals surface area contributed by atoms with E-state index in [1.165, 1.54) is 0 Å². The molecule has 0 atom stereocenters. The van der Waals surface area contributed by atoms with Gasteiger partial charge >= 0.3 is 5.76 Å². The summed E-state index contributed by atoms with van der Waals surface area (Å²) >= 11 is 0. The van der Waals surface area contributed by atoms with Gasteiger partial charge in [0.15, 0.2) is 11.3 Å². The lowest BCUT2D eigenvalue weighted by molar-refractivity contribution is 0.388. The van der Waals surface area contributed by atoms with E-state index in [0.29, 0.717) is 34.8 Å².